The first-order valence-electron chi connectivity index (χ1n) is 5.96. The van der Waals surface area contributed by atoms with E-state index in [4.69, 9.17) is 4.74 Å². The van der Waals surface area contributed by atoms with Gasteiger partial charge in [-0.15, -0.1) is 0 Å². The number of ketones is 1. The second-order valence-electron chi connectivity index (χ2n) is 4.35. The molecule has 4 heteroatoms. The predicted octanol–water partition coefficient (Wildman–Crippen LogP) is 2.63. The first-order valence-corrected chi connectivity index (χ1v) is 5.96. The van der Waals surface area contributed by atoms with E-state index < -0.39 is 0 Å². The van der Waals surface area contributed by atoms with Gasteiger partial charge in [-0.05, 0) is 31.2 Å². The lowest BCUT2D eigenvalue weighted by molar-refractivity contribution is 0.104. The van der Waals surface area contributed by atoms with Gasteiger partial charge in [-0.3, -0.25) is 9.48 Å². The van der Waals surface area contributed by atoms with Crippen molar-refractivity contribution in [1.82, 2.24) is 9.78 Å². The molecule has 1 aromatic heterocycles. The number of methoxy groups -OCH3 is 1. The summed E-state index contributed by atoms with van der Waals surface area (Å²) in [6.07, 6.45) is 6.55. The van der Waals surface area contributed by atoms with Crippen molar-refractivity contribution >= 4 is 11.9 Å². The van der Waals surface area contributed by atoms with Gasteiger partial charge in [0, 0.05) is 18.8 Å². The van der Waals surface area contributed by atoms with Gasteiger partial charge in [0.25, 0.3) is 0 Å². The highest BCUT2D eigenvalue weighted by Crippen LogP contribution is 2.21. The van der Waals surface area contributed by atoms with Crippen molar-refractivity contribution in [3.63, 3.8) is 0 Å². The summed E-state index contributed by atoms with van der Waals surface area (Å²) in [5.74, 6) is 0.678. The molecule has 2 rings (SSSR count). The highest BCUT2D eigenvalue weighted by atomic mass is 16.5. The number of aryl methyl sites for hydroxylation is 2. The molecule has 2 aromatic rings. The Hall–Kier alpha value is -2.36. The van der Waals surface area contributed by atoms with Crippen molar-refractivity contribution in [2.45, 2.75) is 6.92 Å². The summed E-state index contributed by atoms with van der Waals surface area (Å²) in [5.41, 5.74) is 2.58. The summed E-state index contributed by atoms with van der Waals surface area (Å²) in [6.45, 7) is 2.00. The third kappa shape index (κ3) is 3.10. The van der Waals surface area contributed by atoms with Crippen molar-refractivity contribution in [1.29, 1.82) is 0 Å². The van der Waals surface area contributed by atoms with E-state index in [0.29, 0.717) is 5.56 Å². The maximum absolute atomic E-state index is 11.9. The number of carbonyl (C=O) groups excluding carboxylic acids is 1. The van der Waals surface area contributed by atoms with E-state index in [1.165, 1.54) is 6.08 Å². The van der Waals surface area contributed by atoms with Crippen molar-refractivity contribution in [3.8, 4) is 5.75 Å². The van der Waals surface area contributed by atoms with Gasteiger partial charge in [0.05, 0.1) is 18.9 Å². The fourth-order valence-electron chi connectivity index (χ4n) is 1.79. The van der Waals surface area contributed by atoms with Gasteiger partial charge in [-0.25, -0.2) is 0 Å². The van der Waals surface area contributed by atoms with Crippen LogP contribution in [0.3, 0.4) is 0 Å². The smallest absolute Gasteiger partial charge is 0.189 e. The lowest BCUT2D eigenvalue weighted by Crippen LogP contribution is -1.93. The molecule has 98 valence electrons. The molecule has 0 aliphatic rings. The molecule has 0 N–H and O–H groups in total. The molecule has 0 radical (unpaired) electrons. The molecular formula is C15H16N2O2. The molecular weight excluding hydrogens is 240 g/mol. The molecule has 19 heavy (non-hydrogen) atoms. The van der Waals surface area contributed by atoms with Gasteiger partial charge in [0.2, 0.25) is 0 Å². The Morgan fingerprint density at radius 1 is 1.42 bits per heavy atom. The van der Waals surface area contributed by atoms with Crippen LogP contribution in [0.1, 0.15) is 21.5 Å². The first-order chi connectivity index (χ1) is 9.10. The molecule has 0 spiro atoms. The van der Waals surface area contributed by atoms with E-state index in [1.54, 1.807) is 37.3 Å². The highest BCUT2D eigenvalue weighted by molar-refractivity contribution is 6.06. The van der Waals surface area contributed by atoms with E-state index in [0.717, 1.165) is 16.9 Å². The van der Waals surface area contributed by atoms with Gasteiger partial charge < -0.3 is 4.74 Å². The Balaban J connectivity index is 2.23. The quantitative estimate of drug-likeness (QED) is 0.624. The molecule has 0 saturated heterocycles. The minimum Gasteiger partial charge on any atom is -0.496 e. The Kier molecular flexibility index (Phi) is 3.80. The zero-order chi connectivity index (χ0) is 13.8. The van der Waals surface area contributed by atoms with Crippen LogP contribution in [-0.2, 0) is 7.05 Å². The maximum atomic E-state index is 11.9. The Morgan fingerprint density at radius 2 is 2.21 bits per heavy atom. The van der Waals surface area contributed by atoms with Gasteiger partial charge in [0.1, 0.15) is 5.75 Å². The third-order valence-corrected chi connectivity index (χ3v) is 2.79. The van der Waals surface area contributed by atoms with Crippen molar-refractivity contribution < 1.29 is 9.53 Å². The van der Waals surface area contributed by atoms with E-state index in [-0.39, 0.29) is 5.78 Å². The number of allylic oxidation sites excluding steroid dienone is 1. The third-order valence-electron chi connectivity index (χ3n) is 2.79. The molecule has 0 bridgehead atoms. The number of benzene rings is 1. The topological polar surface area (TPSA) is 44.1 Å². The fraction of sp³-hybridized carbons (Fsp3) is 0.200. The number of carbonyl (C=O) groups is 1. The summed E-state index contributed by atoms with van der Waals surface area (Å²) in [6, 6.07) is 5.84. The largest absolute Gasteiger partial charge is 0.496 e. The van der Waals surface area contributed by atoms with E-state index >= 15 is 0 Å². The predicted molar refractivity (Wildman–Crippen MR) is 74.3 cm³/mol. The molecule has 0 unspecified atom stereocenters. The second kappa shape index (κ2) is 5.52. The molecule has 0 aliphatic carbocycles. The monoisotopic (exact) mass is 256 g/mol. The van der Waals surface area contributed by atoms with Gasteiger partial charge in [0.15, 0.2) is 5.78 Å². The first kappa shape index (κ1) is 13.1. The van der Waals surface area contributed by atoms with Crippen LogP contribution >= 0.6 is 0 Å². The lowest BCUT2D eigenvalue weighted by atomic mass is 10.1. The fourth-order valence-corrected chi connectivity index (χ4v) is 1.79. The maximum Gasteiger partial charge on any atom is 0.189 e. The summed E-state index contributed by atoms with van der Waals surface area (Å²) in [4.78, 5) is 11.9. The Bertz CT molecular complexity index is 627. The van der Waals surface area contributed by atoms with Gasteiger partial charge in [-0.1, -0.05) is 11.6 Å². The Labute approximate surface area is 112 Å². The molecule has 0 atom stereocenters. The van der Waals surface area contributed by atoms with Gasteiger partial charge >= 0.3 is 0 Å². The molecule has 0 aliphatic heterocycles. The summed E-state index contributed by atoms with van der Waals surface area (Å²) in [7, 11) is 3.40. The number of hydrogen-bond acceptors (Lipinski definition) is 3. The normalized spacial score (nSPS) is 10.9. The van der Waals surface area contributed by atoms with E-state index in [1.807, 2.05) is 25.1 Å². The summed E-state index contributed by atoms with van der Waals surface area (Å²) in [5, 5.41) is 3.98. The van der Waals surface area contributed by atoms with Crippen molar-refractivity contribution in [3.05, 3.63) is 53.4 Å². The average Bonchev–Trinajstić information content (AvgIpc) is 2.83. The van der Waals surface area contributed by atoms with Crippen molar-refractivity contribution in [2.24, 2.45) is 7.05 Å². The van der Waals surface area contributed by atoms with Crippen molar-refractivity contribution in [2.75, 3.05) is 7.11 Å². The number of ether oxygens (including phenoxy) is 1. The Morgan fingerprint density at radius 3 is 2.84 bits per heavy atom. The van der Waals surface area contributed by atoms with Crippen LogP contribution < -0.4 is 4.74 Å². The minimum absolute atomic E-state index is 0.0725. The molecule has 0 fully saturated rings. The number of hydrogen-bond donors (Lipinski definition) is 0. The number of rotatable bonds is 4. The van der Waals surface area contributed by atoms with Crippen LogP contribution in [0.5, 0.6) is 5.75 Å². The van der Waals surface area contributed by atoms with Crippen LogP contribution in [0.2, 0.25) is 0 Å². The number of aromatic nitrogens is 2. The minimum atomic E-state index is -0.0725. The second-order valence-corrected chi connectivity index (χ2v) is 4.35. The summed E-state index contributed by atoms with van der Waals surface area (Å²) < 4.78 is 6.87. The molecule has 1 heterocycles. The lowest BCUT2D eigenvalue weighted by Gasteiger charge is -2.05. The molecule has 1 aromatic carbocycles. The van der Waals surface area contributed by atoms with Crippen LogP contribution in [0, 0.1) is 6.92 Å². The van der Waals surface area contributed by atoms with Gasteiger partial charge in [-0.2, -0.15) is 5.10 Å². The molecule has 4 nitrogen and oxygen atoms in total. The SMILES string of the molecule is COc1ccc(C)cc1C=CC(=O)c1cnn(C)c1. The average molecular weight is 256 g/mol. The van der Waals surface area contributed by atoms with Crippen LogP contribution in [0.25, 0.3) is 6.08 Å². The highest BCUT2D eigenvalue weighted by Gasteiger charge is 2.05. The zero-order valence-corrected chi connectivity index (χ0v) is 11.3. The summed E-state index contributed by atoms with van der Waals surface area (Å²) >= 11 is 0. The van der Waals surface area contributed by atoms with Crippen LogP contribution in [0.4, 0.5) is 0 Å². The van der Waals surface area contributed by atoms with Crippen LogP contribution in [0.15, 0.2) is 36.7 Å². The molecule has 0 amide bonds. The zero-order valence-electron chi connectivity index (χ0n) is 11.3. The van der Waals surface area contributed by atoms with E-state index in [2.05, 4.69) is 5.10 Å². The standard InChI is InChI=1S/C15H16N2O2/c1-11-4-7-15(19-3)12(8-11)5-6-14(18)13-9-16-17(2)10-13/h4-10H,1-3H3. The van der Waals surface area contributed by atoms with E-state index in [9.17, 15) is 4.79 Å². The van der Waals surface area contributed by atoms with Crippen LogP contribution in [-0.4, -0.2) is 22.7 Å². The molecule has 0 saturated carbocycles. The number of nitrogens with zero attached hydrogens (tertiary/aromatic N) is 2.